The maximum absolute atomic E-state index is 12.4. The quantitative estimate of drug-likeness (QED) is 0.878. The molecule has 0 saturated heterocycles. The second kappa shape index (κ2) is 5.73. The molecule has 0 unspecified atom stereocenters. The Kier molecular flexibility index (Phi) is 4.18. The molecule has 2 rings (SSSR count). The van der Waals surface area contributed by atoms with Gasteiger partial charge in [-0.3, -0.25) is 4.79 Å². The van der Waals surface area contributed by atoms with E-state index in [-0.39, 0.29) is 11.5 Å². The van der Waals surface area contributed by atoms with Crippen LogP contribution in [-0.4, -0.2) is 17.0 Å². The van der Waals surface area contributed by atoms with Crippen LogP contribution in [0, 0.1) is 20.8 Å². The number of amides is 1. The molecule has 0 saturated carbocycles. The number of carbonyl (C=O) groups excluding carboxylic acids is 1. The Labute approximate surface area is 130 Å². The number of halogens is 1. The first kappa shape index (κ1) is 15.3. The summed E-state index contributed by atoms with van der Waals surface area (Å²) in [6.07, 6.45) is 0. The van der Waals surface area contributed by atoms with E-state index in [4.69, 9.17) is 9.52 Å². The Morgan fingerprint density at radius 2 is 1.86 bits per heavy atom. The van der Waals surface area contributed by atoms with E-state index in [1.54, 1.807) is 19.9 Å². The summed E-state index contributed by atoms with van der Waals surface area (Å²) in [6.45, 7) is 5.32. The summed E-state index contributed by atoms with van der Waals surface area (Å²) in [5.74, 6) is -0.154. The lowest BCUT2D eigenvalue weighted by Crippen LogP contribution is -2.14. The molecule has 6 heteroatoms. The van der Waals surface area contributed by atoms with Gasteiger partial charge in [0, 0.05) is 10.0 Å². The molecule has 0 aliphatic heterocycles. The molecular weight excluding hydrogens is 338 g/mol. The molecule has 2 N–H and O–H groups in total. The van der Waals surface area contributed by atoms with Crippen LogP contribution in [0.15, 0.2) is 27.1 Å². The molecule has 0 fully saturated rings. The number of anilines is 1. The highest BCUT2D eigenvalue weighted by Gasteiger charge is 2.19. The van der Waals surface area contributed by atoms with Gasteiger partial charge < -0.3 is 14.8 Å². The monoisotopic (exact) mass is 351 g/mol. The summed E-state index contributed by atoms with van der Waals surface area (Å²) in [4.78, 5) is 23.4. The molecule has 0 radical (unpaired) electrons. The predicted octanol–water partition coefficient (Wildman–Crippen LogP) is 3.92. The van der Waals surface area contributed by atoms with Crippen LogP contribution >= 0.6 is 15.9 Å². The fraction of sp³-hybridized carbons (Fsp3) is 0.200. The molecule has 5 nitrogen and oxygen atoms in total. The molecule has 110 valence electrons. The number of hydrogen-bond acceptors (Lipinski definition) is 3. The Hall–Kier alpha value is -2.08. The van der Waals surface area contributed by atoms with Crippen LogP contribution in [0.25, 0.3) is 0 Å². The van der Waals surface area contributed by atoms with E-state index in [9.17, 15) is 9.59 Å². The third-order valence-corrected chi connectivity index (χ3v) is 3.94. The van der Waals surface area contributed by atoms with Crippen molar-refractivity contribution < 1.29 is 19.1 Å². The molecule has 0 atom stereocenters. The maximum Gasteiger partial charge on any atom is 0.335 e. The molecular formula is C15H14BrNO4. The molecule has 0 aliphatic carbocycles. The minimum Gasteiger partial charge on any atom is -0.478 e. The second-order valence-electron chi connectivity index (χ2n) is 4.67. The summed E-state index contributed by atoms with van der Waals surface area (Å²) >= 11 is 3.29. The molecule has 1 amide bonds. The van der Waals surface area contributed by atoms with Gasteiger partial charge in [-0.05, 0) is 54.9 Å². The smallest absolute Gasteiger partial charge is 0.335 e. The van der Waals surface area contributed by atoms with Gasteiger partial charge in [-0.25, -0.2) is 4.79 Å². The zero-order valence-electron chi connectivity index (χ0n) is 11.8. The average molecular weight is 352 g/mol. The van der Waals surface area contributed by atoms with Crippen molar-refractivity contribution in [1.29, 1.82) is 0 Å². The Morgan fingerprint density at radius 3 is 2.38 bits per heavy atom. The summed E-state index contributed by atoms with van der Waals surface area (Å²) < 4.78 is 6.04. The van der Waals surface area contributed by atoms with Crippen LogP contribution in [0.3, 0.4) is 0 Å². The second-order valence-corrected chi connectivity index (χ2v) is 5.52. The van der Waals surface area contributed by atoms with Gasteiger partial charge in [-0.1, -0.05) is 0 Å². The highest BCUT2D eigenvalue weighted by molar-refractivity contribution is 9.10. The van der Waals surface area contributed by atoms with Crippen molar-refractivity contribution in [2.75, 3.05) is 5.32 Å². The summed E-state index contributed by atoms with van der Waals surface area (Å²) in [5, 5.41) is 11.7. The SMILES string of the molecule is Cc1oc(C)c(C(=O)Nc2cc(C(=O)O)ccc2Br)c1C. The van der Waals surface area contributed by atoms with E-state index in [0.29, 0.717) is 27.2 Å². The van der Waals surface area contributed by atoms with Crippen LogP contribution in [0.1, 0.15) is 37.8 Å². The topological polar surface area (TPSA) is 79.5 Å². The van der Waals surface area contributed by atoms with Crippen LogP contribution in [-0.2, 0) is 0 Å². The van der Waals surface area contributed by atoms with E-state index in [1.807, 2.05) is 6.92 Å². The number of furan rings is 1. The molecule has 1 aromatic carbocycles. The summed E-state index contributed by atoms with van der Waals surface area (Å²) in [7, 11) is 0. The Morgan fingerprint density at radius 1 is 1.19 bits per heavy atom. The molecule has 0 spiro atoms. The third kappa shape index (κ3) is 3.00. The molecule has 1 heterocycles. The number of carbonyl (C=O) groups is 2. The fourth-order valence-electron chi connectivity index (χ4n) is 2.07. The van der Waals surface area contributed by atoms with Crippen molar-refractivity contribution in [3.63, 3.8) is 0 Å². The van der Waals surface area contributed by atoms with Crippen LogP contribution in [0.4, 0.5) is 5.69 Å². The first-order chi connectivity index (χ1) is 9.81. The van der Waals surface area contributed by atoms with Gasteiger partial charge in [0.2, 0.25) is 0 Å². The number of hydrogen-bond donors (Lipinski definition) is 2. The number of aromatic carboxylic acids is 1. The largest absolute Gasteiger partial charge is 0.478 e. The van der Waals surface area contributed by atoms with E-state index in [0.717, 1.165) is 5.56 Å². The number of benzene rings is 1. The minimum atomic E-state index is -1.05. The first-order valence-electron chi connectivity index (χ1n) is 6.22. The molecule has 2 aromatic rings. The minimum absolute atomic E-state index is 0.102. The van der Waals surface area contributed by atoms with Gasteiger partial charge in [0.05, 0.1) is 16.8 Å². The highest BCUT2D eigenvalue weighted by atomic mass is 79.9. The molecule has 1 aromatic heterocycles. The van der Waals surface area contributed by atoms with Crippen LogP contribution < -0.4 is 5.32 Å². The Balaban J connectivity index is 2.35. The zero-order chi connectivity index (χ0) is 15.7. The average Bonchev–Trinajstić information content (AvgIpc) is 2.65. The van der Waals surface area contributed by atoms with Crippen molar-refractivity contribution >= 4 is 33.5 Å². The van der Waals surface area contributed by atoms with Crippen molar-refractivity contribution in [3.8, 4) is 0 Å². The zero-order valence-corrected chi connectivity index (χ0v) is 13.4. The lowest BCUT2D eigenvalue weighted by atomic mass is 10.1. The van der Waals surface area contributed by atoms with Gasteiger partial charge in [0.1, 0.15) is 11.5 Å². The predicted molar refractivity (Wildman–Crippen MR) is 82.0 cm³/mol. The molecule has 21 heavy (non-hydrogen) atoms. The van der Waals surface area contributed by atoms with Crippen molar-refractivity contribution in [3.05, 3.63) is 50.9 Å². The highest BCUT2D eigenvalue weighted by Crippen LogP contribution is 2.26. The number of aryl methyl sites for hydroxylation is 2. The van der Waals surface area contributed by atoms with E-state index >= 15 is 0 Å². The van der Waals surface area contributed by atoms with Crippen molar-refractivity contribution in [2.45, 2.75) is 20.8 Å². The number of carboxylic acids is 1. The maximum atomic E-state index is 12.4. The molecule has 0 aliphatic rings. The van der Waals surface area contributed by atoms with Crippen LogP contribution in [0.5, 0.6) is 0 Å². The first-order valence-corrected chi connectivity index (χ1v) is 7.01. The summed E-state index contributed by atoms with van der Waals surface area (Å²) in [5.41, 5.74) is 1.75. The standard InChI is InChI=1S/C15H14BrNO4/c1-7-8(2)21-9(3)13(7)14(18)17-12-6-10(15(19)20)4-5-11(12)16/h4-6H,1-3H3,(H,17,18)(H,19,20). The van der Waals surface area contributed by atoms with Gasteiger partial charge in [-0.2, -0.15) is 0 Å². The Bertz CT molecular complexity index is 734. The number of nitrogens with one attached hydrogen (secondary N) is 1. The van der Waals surface area contributed by atoms with Gasteiger partial charge >= 0.3 is 5.97 Å². The van der Waals surface area contributed by atoms with Crippen molar-refractivity contribution in [2.24, 2.45) is 0 Å². The van der Waals surface area contributed by atoms with E-state index in [1.165, 1.54) is 12.1 Å². The molecule has 0 bridgehead atoms. The van der Waals surface area contributed by atoms with Gasteiger partial charge in [0.15, 0.2) is 0 Å². The summed E-state index contributed by atoms with van der Waals surface area (Å²) in [6, 6.07) is 4.45. The number of rotatable bonds is 3. The van der Waals surface area contributed by atoms with Crippen LogP contribution in [0.2, 0.25) is 0 Å². The van der Waals surface area contributed by atoms with Crippen molar-refractivity contribution in [1.82, 2.24) is 0 Å². The van der Waals surface area contributed by atoms with Gasteiger partial charge in [-0.15, -0.1) is 0 Å². The normalized spacial score (nSPS) is 10.5. The van der Waals surface area contributed by atoms with E-state index in [2.05, 4.69) is 21.2 Å². The number of carboxylic acid groups (broad SMARTS) is 1. The lowest BCUT2D eigenvalue weighted by molar-refractivity contribution is 0.0696. The third-order valence-electron chi connectivity index (χ3n) is 3.25. The van der Waals surface area contributed by atoms with Gasteiger partial charge in [0.25, 0.3) is 5.91 Å². The lowest BCUT2D eigenvalue weighted by Gasteiger charge is -2.08. The fourth-order valence-corrected chi connectivity index (χ4v) is 2.41. The van der Waals surface area contributed by atoms with E-state index < -0.39 is 5.97 Å².